The highest BCUT2D eigenvalue weighted by Crippen LogP contribution is 2.39. The molecule has 1 aromatic rings. The molecule has 0 radical (unpaired) electrons. The van der Waals surface area contributed by atoms with Crippen LogP contribution in [0.1, 0.15) is 37.6 Å². The van der Waals surface area contributed by atoms with Gasteiger partial charge < -0.3 is 11.1 Å². The minimum Gasteiger partial charge on any atom is -0.396 e. The lowest BCUT2D eigenvalue weighted by Gasteiger charge is -2.38. The van der Waals surface area contributed by atoms with E-state index in [1.54, 1.807) is 4.68 Å². The van der Waals surface area contributed by atoms with E-state index in [-0.39, 0.29) is 12.5 Å². The molecule has 1 fully saturated rings. The van der Waals surface area contributed by atoms with Crippen molar-refractivity contribution >= 4 is 11.6 Å². The predicted molar refractivity (Wildman–Crippen MR) is 71.1 cm³/mol. The molecular formula is C13H22N4O. The highest BCUT2D eigenvalue weighted by molar-refractivity contribution is 5.76. The lowest BCUT2D eigenvalue weighted by atomic mass is 9.70. The second-order valence-corrected chi connectivity index (χ2v) is 5.68. The Labute approximate surface area is 108 Å². The normalized spacial score (nSPS) is 17.3. The van der Waals surface area contributed by atoms with Gasteiger partial charge in [-0.2, -0.15) is 5.10 Å². The van der Waals surface area contributed by atoms with Crippen LogP contribution >= 0.6 is 0 Å². The molecule has 1 aliphatic carbocycles. The highest BCUT2D eigenvalue weighted by Gasteiger charge is 2.31. The molecule has 5 heteroatoms. The molecule has 0 aliphatic heterocycles. The van der Waals surface area contributed by atoms with E-state index in [9.17, 15) is 4.79 Å². The van der Waals surface area contributed by atoms with Crippen molar-refractivity contribution in [1.29, 1.82) is 0 Å². The van der Waals surface area contributed by atoms with Gasteiger partial charge in [0.15, 0.2) is 0 Å². The minimum absolute atomic E-state index is 0.00808. The number of carbonyl (C=O) groups excluding carboxylic acids is 1. The number of aryl methyl sites for hydroxylation is 1. The summed E-state index contributed by atoms with van der Waals surface area (Å²) in [6.07, 6.45) is 3.70. The molecule has 2 rings (SSSR count). The first-order chi connectivity index (χ1) is 8.41. The maximum absolute atomic E-state index is 11.9. The molecule has 3 N–H and O–H groups in total. The van der Waals surface area contributed by atoms with Crippen molar-refractivity contribution in [2.75, 3.05) is 12.3 Å². The number of hydrogen-bond acceptors (Lipinski definition) is 3. The summed E-state index contributed by atoms with van der Waals surface area (Å²) in [5, 5.41) is 7.25. The van der Waals surface area contributed by atoms with Gasteiger partial charge in [-0.15, -0.1) is 0 Å². The van der Waals surface area contributed by atoms with Gasteiger partial charge in [0.25, 0.3) is 0 Å². The summed E-state index contributed by atoms with van der Waals surface area (Å²) in [6.45, 7) is 6.97. The Morgan fingerprint density at radius 3 is 2.61 bits per heavy atom. The maximum Gasteiger partial charge on any atom is 0.241 e. The molecular weight excluding hydrogens is 228 g/mol. The monoisotopic (exact) mass is 250 g/mol. The van der Waals surface area contributed by atoms with Crippen molar-refractivity contribution in [1.82, 2.24) is 15.1 Å². The van der Waals surface area contributed by atoms with Crippen molar-refractivity contribution < 1.29 is 4.79 Å². The number of rotatable bonds is 4. The smallest absolute Gasteiger partial charge is 0.241 e. The fourth-order valence-corrected chi connectivity index (χ4v) is 2.33. The minimum atomic E-state index is 0.00808. The van der Waals surface area contributed by atoms with Gasteiger partial charge in [-0.3, -0.25) is 9.48 Å². The molecule has 5 nitrogen and oxygen atoms in total. The van der Waals surface area contributed by atoms with Crippen LogP contribution in [0.25, 0.3) is 0 Å². The summed E-state index contributed by atoms with van der Waals surface area (Å²) in [5.74, 6) is 0.00808. The van der Waals surface area contributed by atoms with E-state index < -0.39 is 0 Å². The van der Waals surface area contributed by atoms with Gasteiger partial charge in [-0.25, -0.2) is 0 Å². The van der Waals surface area contributed by atoms with Crippen LogP contribution in [0.15, 0.2) is 0 Å². The van der Waals surface area contributed by atoms with Crippen LogP contribution in [-0.2, 0) is 11.3 Å². The zero-order valence-electron chi connectivity index (χ0n) is 11.4. The van der Waals surface area contributed by atoms with Crippen LogP contribution in [0.2, 0.25) is 0 Å². The topological polar surface area (TPSA) is 72.9 Å². The molecule has 0 bridgehead atoms. The first-order valence-corrected chi connectivity index (χ1v) is 6.47. The van der Waals surface area contributed by atoms with Crippen LogP contribution < -0.4 is 11.1 Å². The van der Waals surface area contributed by atoms with Gasteiger partial charge in [0.1, 0.15) is 6.54 Å². The third-order valence-corrected chi connectivity index (χ3v) is 4.00. The van der Waals surface area contributed by atoms with Crippen molar-refractivity contribution in [3.05, 3.63) is 11.4 Å². The van der Waals surface area contributed by atoms with Crippen LogP contribution in [0.3, 0.4) is 0 Å². The molecule has 1 amide bonds. The van der Waals surface area contributed by atoms with Gasteiger partial charge in [0.2, 0.25) is 5.91 Å². The van der Waals surface area contributed by atoms with E-state index in [2.05, 4.69) is 17.3 Å². The number of nitrogen functional groups attached to an aromatic ring is 1. The summed E-state index contributed by atoms with van der Waals surface area (Å²) >= 11 is 0. The van der Waals surface area contributed by atoms with Crippen LogP contribution in [0.5, 0.6) is 0 Å². The maximum atomic E-state index is 11.9. The average Bonchev–Trinajstić information content (AvgIpc) is 2.52. The number of anilines is 1. The van der Waals surface area contributed by atoms with E-state index in [0.717, 1.165) is 17.9 Å². The van der Waals surface area contributed by atoms with Crippen molar-refractivity contribution in [2.24, 2.45) is 5.41 Å². The number of aromatic nitrogens is 2. The van der Waals surface area contributed by atoms with Gasteiger partial charge in [0, 0.05) is 6.54 Å². The Morgan fingerprint density at radius 1 is 1.50 bits per heavy atom. The summed E-state index contributed by atoms with van der Waals surface area (Å²) in [7, 11) is 0. The third-order valence-electron chi connectivity index (χ3n) is 4.00. The molecule has 0 saturated heterocycles. The summed E-state index contributed by atoms with van der Waals surface area (Å²) in [4.78, 5) is 11.9. The van der Waals surface area contributed by atoms with E-state index in [1.165, 1.54) is 19.3 Å². The van der Waals surface area contributed by atoms with Crippen LogP contribution in [0, 0.1) is 19.3 Å². The second kappa shape index (κ2) is 4.63. The van der Waals surface area contributed by atoms with Crippen LogP contribution in [0.4, 0.5) is 5.69 Å². The molecule has 1 heterocycles. The molecule has 18 heavy (non-hydrogen) atoms. The average molecular weight is 250 g/mol. The number of carbonyl (C=O) groups is 1. The summed E-state index contributed by atoms with van der Waals surface area (Å²) in [6, 6.07) is 0. The fraction of sp³-hybridized carbons (Fsp3) is 0.692. The Bertz CT molecular complexity index is 460. The molecule has 0 spiro atoms. The second-order valence-electron chi connectivity index (χ2n) is 5.68. The fourth-order valence-electron chi connectivity index (χ4n) is 2.33. The molecule has 0 unspecified atom stereocenters. The lowest BCUT2D eigenvalue weighted by molar-refractivity contribution is -0.122. The zero-order valence-corrected chi connectivity index (χ0v) is 11.4. The molecule has 100 valence electrons. The number of nitrogens with one attached hydrogen (secondary N) is 1. The van der Waals surface area contributed by atoms with Gasteiger partial charge in [-0.1, -0.05) is 13.3 Å². The molecule has 1 aliphatic rings. The van der Waals surface area contributed by atoms with E-state index in [4.69, 9.17) is 5.73 Å². The SMILES string of the molecule is Cc1nn(CC(=O)NCC2(C)CCC2)c(C)c1N. The van der Waals surface area contributed by atoms with Crippen molar-refractivity contribution in [3.63, 3.8) is 0 Å². The standard InChI is InChI=1S/C13H22N4O/c1-9-12(14)10(2)17(16-9)7-11(18)15-8-13(3)5-4-6-13/h4-8,14H2,1-3H3,(H,15,18). The van der Waals surface area contributed by atoms with Gasteiger partial charge in [0.05, 0.1) is 17.1 Å². The quantitative estimate of drug-likeness (QED) is 0.848. The van der Waals surface area contributed by atoms with E-state index >= 15 is 0 Å². The molecule has 0 aromatic carbocycles. The number of hydrogen-bond donors (Lipinski definition) is 2. The van der Waals surface area contributed by atoms with Crippen molar-refractivity contribution in [2.45, 2.75) is 46.6 Å². The van der Waals surface area contributed by atoms with Crippen LogP contribution in [-0.4, -0.2) is 22.2 Å². The van der Waals surface area contributed by atoms with Gasteiger partial charge in [-0.05, 0) is 32.1 Å². The van der Waals surface area contributed by atoms with Gasteiger partial charge >= 0.3 is 0 Å². The summed E-state index contributed by atoms with van der Waals surface area (Å²) < 4.78 is 1.67. The zero-order chi connectivity index (χ0) is 13.3. The Balaban J connectivity index is 1.89. The van der Waals surface area contributed by atoms with E-state index in [0.29, 0.717) is 11.1 Å². The molecule has 0 atom stereocenters. The first kappa shape index (κ1) is 12.9. The van der Waals surface area contributed by atoms with E-state index in [1.807, 2.05) is 13.8 Å². The predicted octanol–water partition coefficient (Wildman–Crippen LogP) is 1.39. The Morgan fingerprint density at radius 2 is 2.17 bits per heavy atom. The Kier molecular flexibility index (Phi) is 3.32. The third kappa shape index (κ3) is 2.49. The highest BCUT2D eigenvalue weighted by atomic mass is 16.2. The number of nitrogens with two attached hydrogens (primary N) is 1. The largest absolute Gasteiger partial charge is 0.396 e. The Hall–Kier alpha value is -1.52. The first-order valence-electron chi connectivity index (χ1n) is 6.47. The molecule has 1 aromatic heterocycles. The van der Waals surface area contributed by atoms with Crippen molar-refractivity contribution in [3.8, 4) is 0 Å². The lowest BCUT2D eigenvalue weighted by Crippen LogP contribution is -2.41. The number of nitrogens with zero attached hydrogens (tertiary/aromatic N) is 2. The number of amides is 1. The molecule has 1 saturated carbocycles. The summed E-state index contributed by atoms with van der Waals surface area (Å²) in [5.41, 5.74) is 8.46.